The molecule has 106 valence electrons. The highest BCUT2D eigenvalue weighted by Gasteiger charge is 2.55. The van der Waals surface area contributed by atoms with E-state index in [0.717, 1.165) is 12.0 Å². The van der Waals surface area contributed by atoms with Gasteiger partial charge >= 0.3 is 0 Å². The predicted molar refractivity (Wildman–Crippen MR) is 72.5 cm³/mol. The van der Waals surface area contributed by atoms with Gasteiger partial charge in [0.2, 0.25) is 5.91 Å². The molecule has 2 heterocycles. The maximum absolute atomic E-state index is 12.6. The summed E-state index contributed by atoms with van der Waals surface area (Å²) >= 11 is 0. The van der Waals surface area contributed by atoms with Crippen molar-refractivity contribution in [2.45, 2.75) is 37.5 Å². The molecule has 2 fully saturated rings. The number of nitrogens with zero attached hydrogens (tertiary/aromatic N) is 1. The van der Waals surface area contributed by atoms with Gasteiger partial charge in [0.1, 0.15) is 11.6 Å². The van der Waals surface area contributed by atoms with Crippen LogP contribution in [0, 0.1) is 0 Å². The molecule has 1 aromatic carbocycles. The predicted octanol–water partition coefficient (Wildman–Crippen LogP) is 0.822. The van der Waals surface area contributed by atoms with E-state index in [9.17, 15) is 9.59 Å². The summed E-state index contributed by atoms with van der Waals surface area (Å²) in [6.45, 7) is 0.981. The minimum atomic E-state index is -0.811. The zero-order chi connectivity index (χ0) is 14.2. The lowest BCUT2D eigenvalue weighted by molar-refractivity contribution is -0.146. The third-order valence-corrected chi connectivity index (χ3v) is 4.18. The van der Waals surface area contributed by atoms with Gasteiger partial charge in [-0.2, -0.15) is 0 Å². The van der Waals surface area contributed by atoms with Crippen molar-refractivity contribution in [3.05, 3.63) is 35.9 Å². The van der Waals surface area contributed by atoms with E-state index in [-0.39, 0.29) is 5.91 Å². The fourth-order valence-corrected chi connectivity index (χ4v) is 3.16. The van der Waals surface area contributed by atoms with E-state index in [1.165, 1.54) is 0 Å². The molecule has 5 nitrogen and oxygen atoms in total. The fourth-order valence-electron chi connectivity index (χ4n) is 3.16. The molecular formula is C15H18N2O3. The monoisotopic (exact) mass is 274 g/mol. The van der Waals surface area contributed by atoms with E-state index in [1.807, 2.05) is 30.3 Å². The van der Waals surface area contributed by atoms with Gasteiger partial charge in [-0.05, 0) is 18.4 Å². The summed E-state index contributed by atoms with van der Waals surface area (Å²) in [5.74, 6) is -0.552. The Hall–Kier alpha value is -1.88. The smallest absolute Gasteiger partial charge is 0.255 e. The lowest BCUT2D eigenvalue weighted by Gasteiger charge is -2.23. The highest BCUT2D eigenvalue weighted by atomic mass is 16.5. The Labute approximate surface area is 117 Å². The molecule has 0 bridgehead atoms. The molecule has 2 amide bonds. The van der Waals surface area contributed by atoms with E-state index < -0.39 is 17.6 Å². The minimum absolute atomic E-state index is 0.0948. The van der Waals surface area contributed by atoms with E-state index >= 15 is 0 Å². The number of amides is 2. The largest absolute Gasteiger partial charge is 0.368 e. The van der Waals surface area contributed by atoms with Crippen molar-refractivity contribution < 1.29 is 14.3 Å². The molecule has 2 N–H and O–H groups in total. The number of carbonyl (C=O) groups excluding carboxylic acids is 2. The average Bonchev–Trinajstić information content (AvgIpc) is 3.02. The molecule has 2 aliphatic heterocycles. The molecule has 1 unspecified atom stereocenters. The number of ether oxygens (including phenoxy) is 1. The summed E-state index contributed by atoms with van der Waals surface area (Å²) in [5.41, 5.74) is 5.64. The maximum Gasteiger partial charge on any atom is 0.255 e. The van der Waals surface area contributed by atoms with Gasteiger partial charge in [0.05, 0.1) is 0 Å². The summed E-state index contributed by atoms with van der Waals surface area (Å²) in [6, 6.07) is 9.05. The quantitative estimate of drug-likeness (QED) is 0.887. The van der Waals surface area contributed by atoms with Crippen molar-refractivity contribution in [3.63, 3.8) is 0 Å². The average molecular weight is 274 g/mol. The Bertz CT molecular complexity index is 523. The van der Waals surface area contributed by atoms with Gasteiger partial charge in [0.15, 0.2) is 0 Å². The lowest BCUT2D eigenvalue weighted by atomic mass is 9.96. The summed E-state index contributed by atoms with van der Waals surface area (Å²) in [7, 11) is 0. The van der Waals surface area contributed by atoms with Crippen LogP contribution in [-0.2, 0) is 20.9 Å². The van der Waals surface area contributed by atoms with Crippen molar-refractivity contribution in [1.29, 1.82) is 0 Å². The Morgan fingerprint density at radius 2 is 2.15 bits per heavy atom. The van der Waals surface area contributed by atoms with E-state index in [1.54, 1.807) is 4.90 Å². The second-order valence-corrected chi connectivity index (χ2v) is 5.49. The van der Waals surface area contributed by atoms with Gasteiger partial charge in [0.25, 0.3) is 5.91 Å². The van der Waals surface area contributed by atoms with Crippen molar-refractivity contribution in [1.82, 2.24) is 4.90 Å². The Morgan fingerprint density at radius 1 is 1.40 bits per heavy atom. The summed E-state index contributed by atoms with van der Waals surface area (Å²) in [4.78, 5) is 25.9. The lowest BCUT2D eigenvalue weighted by Crippen LogP contribution is -2.43. The van der Waals surface area contributed by atoms with Crippen LogP contribution in [0.5, 0.6) is 0 Å². The van der Waals surface area contributed by atoms with Crippen LogP contribution in [0.4, 0.5) is 0 Å². The van der Waals surface area contributed by atoms with Crippen LogP contribution in [-0.4, -0.2) is 35.0 Å². The molecule has 1 spiro atoms. The van der Waals surface area contributed by atoms with Crippen molar-refractivity contribution in [3.8, 4) is 0 Å². The van der Waals surface area contributed by atoms with Crippen LogP contribution in [0.15, 0.2) is 30.3 Å². The normalized spacial score (nSPS) is 29.3. The Morgan fingerprint density at radius 3 is 2.75 bits per heavy atom. The molecule has 2 aliphatic rings. The molecule has 2 atom stereocenters. The van der Waals surface area contributed by atoms with Crippen LogP contribution >= 0.6 is 0 Å². The topological polar surface area (TPSA) is 72.6 Å². The zero-order valence-corrected chi connectivity index (χ0v) is 11.2. The van der Waals surface area contributed by atoms with E-state index in [4.69, 9.17) is 10.5 Å². The minimum Gasteiger partial charge on any atom is -0.368 e. The molecule has 5 heteroatoms. The summed E-state index contributed by atoms with van der Waals surface area (Å²) < 4.78 is 5.66. The van der Waals surface area contributed by atoms with Crippen molar-refractivity contribution in [2.24, 2.45) is 5.73 Å². The van der Waals surface area contributed by atoms with Crippen molar-refractivity contribution in [2.75, 3.05) is 6.61 Å². The number of hydrogen-bond donors (Lipinski definition) is 1. The molecule has 0 aliphatic carbocycles. The van der Waals surface area contributed by atoms with Crippen LogP contribution in [0.1, 0.15) is 24.8 Å². The van der Waals surface area contributed by atoms with Crippen LogP contribution in [0.2, 0.25) is 0 Å². The SMILES string of the molecule is NC(=O)C1C[C@]2(CCCO2)C(=O)N1Cc1ccccc1. The van der Waals surface area contributed by atoms with Crippen LogP contribution in [0.3, 0.4) is 0 Å². The second kappa shape index (κ2) is 4.90. The van der Waals surface area contributed by atoms with E-state index in [2.05, 4.69) is 0 Å². The summed E-state index contributed by atoms with van der Waals surface area (Å²) in [5, 5.41) is 0. The van der Waals surface area contributed by atoms with Crippen LogP contribution < -0.4 is 5.73 Å². The molecule has 0 radical (unpaired) electrons. The number of benzene rings is 1. The highest BCUT2D eigenvalue weighted by molar-refractivity contribution is 5.95. The van der Waals surface area contributed by atoms with Crippen LogP contribution in [0.25, 0.3) is 0 Å². The van der Waals surface area contributed by atoms with Gasteiger partial charge in [-0.1, -0.05) is 30.3 Å². The first-order chi connectivity index (χ1) is 9.62. The first-order valence-corrected chi connectivity index (χ1v) is 6.91. The van der Waals surface area contributed by atoms with Gasteiger partial charge in [-0.25, -0.2) is 0 Å². The molecule has 0 aromatic heterocycles. The Balaban J connectivity index is 1.87. The van der Waals surface area contributed by atoms with Gasteiger partial charge in [0, 0.05) is 19.6 Å². The van der Waals surface area contributed by atoms with Crippen molar-refractivity contribution >= 4 is 11.8 Å². The number of nitrogens with two attached hydrogens (primary N) is 1. The zero-order valence-electron chi connectivity index (χ0n) is 11.2. The first-order valence-electron chi connectivity index (χ1n) is 6.91. The third-order valence-electron chi connectivity index (χ3n) is 4.18. The molecule has 0 saturated carbocycles. The maximum atomic E-state index is 12.6. The Kier molecular flexibility index (Phi) is 3.22. The molecule has 20 heavy (non-hydrogen) atoms. The molecule has 2 saturated heterocycles. The molecule has 3 rings (SSSR count). The standard InChI is InChI=1S/C15H18N2O3/c16-13(18)12-9-15(7-4-8-20-15)14(19)17(12)10-11-5-2-1-3-6-11/h1-3,5-6,12H,4,7-10H2,(H2,16,18)/t12?,15-/m1/s1. The molecular weight excluding hydrogens is 256 g/mol. The van der Waals surface area contributed by atoms with Gasteiger partial charge in [-0.15, -0.1) is 0 Å². The number of hydrogen-bond acceptors (Lipinski definition) is 3. The fraction of sp³-hybridized carbons (Fsp3) is 0.467. The first kappa shape index (κ1) is 13.1. The summed E-state index contributed by atoms with van der Waals surface area (Å²) in [6.07, 6.45) is 1.92. The number of primary amides is 1. The number of rotatable bonds is 3. The molecule has 1 aromatic rings. The highest BCUT2D eigenvalue weighted by Crippen LogP contribution is 2.40. The second-order valence-electron chi connectivity index (χ2n) is 5.49. The van der Waals surface area contributed by atoms with Gasteiger partial charge < -0.3 is 15.4 Å². The van der Waals surface area contributed by atoms with Gasteiger partial charge in [-0.3, -0.25) is 9.59 Å². The van der Waals surface area contributed by atoms with E-state index in [0.29, 0.717) is 26.0 Å². The number of likely N-dealkylation sites (tertiary alicyclic amines) is 1. The number of carbonyl (C=O) groups is 2. The third kappa shape index (κ3) is 2.08.